The van der Waals surface area contributed by atoms with Crippen molar-refractivity contribution < 1.29 is 0 Å². The monoisotopic (exact) mass is 278 g/mol. The van der Waals surface area contributed by atoms with Crippen LogP contribution in [0.4, 0.5) is 5.82 Å². The summed E-state index contributed by atoms with van der Waals surface area (Å²) in [5.41, 5.74) is 3.39. The molecule has 0 bridgehead atoms. The molecule has 3 aromatic rings. The second-order valence-corrected chi connectivity index (χ2v) is 4.82. The Morgan fingerprint density at radius 2 is 2.22 bits per heavy atom. The normalized spacial score (nSPS) is 10.7. The van der Waals surface area contributed by atoms with Gasteiger partial charge in [0.05, 0.1) is 5.52 Å². The van der Waals surface area contributed by atoms with Crippen LogP contribution in [-0.4, -0.2) is 14.6 Å². The smallest absolute Gasteiger partial charge is 0.273 e. The molecule has 0 saturated heterocycles. The molecule has 0 unspecified atom stereocenters. The molecule has 0 fully saturated rings. The molecule has 90 valence electrons. The van der Waals surface area contributed by atoms with Crippen molar-refractivity contribution in [1.82, 2.24) is 14.6 Å². The summed E-state index contributed by atoms with van der Waals surface area (Å²) in [5, 5.41) is 2.19. The lowest BCUT2D eigenvalue weighted by Gasteiger charge is -2.07. The zero-order valence-electron chi connectivity index (χ0n) is 9.00. The first kappa shape index (κ1) is 11.2. The molecule has 0 amide bonds. The van der Waals surface area contributed by atoms with Gasteiger partial charge in [0, 0.05) is 0 Å². The van der Waals surface area contributed by atoms with E-state index in [1.54, 1.807) is 18.2 Å². The molecule has 3 heterocycles. The lowest BCUT2D eigenvalue weighted by Crippen LogP contribution is -2.26. The van der Waals surface area contributed by atoms with Crippen molar-refractivity contribution in [3.8, 4) is 0 Å². The Morgan fingerprint density at radius 1 is 1.33 bits per heavy atom. The molecule has 5 nitrogen and oxygen atoms in total. The van der Waals surface area contributed by atoms with Crippen molar-refractivity contribution >= 4 is 39.0 Å². The SMILES string of the molecule is O=c1c2sccc2ncn1Nc1cccc(Cl)n1. The van der Waals surface area contributed by atoms with Gasteiger partial charge in [0.15, 0.2) is 0 Å². The molecule has 3 rings (SSSR count). The number of pyridine rings is 1. The average Bonchev–Trinajstić information content (AvgIpc) is 2.82. The number of halogens is 1. The Labute approximate surface area is 111 Å². The van der Waals surface area contributed by atoms with Gasteiger partial charge < -0.3 is 0 Å². The van der Waals surface area contributed by atoms with E-state index in [-0.39, 0.29) is 5.56 Å². The van der Waals surface area contributed by atoms with Gasteiger partial charge in [-0.25, -0.2) is 14.6 Å². The third-order valence-electron chi connectivity index (χ3n) is 2.32. The molecule has 0 aliphatic heterocycles. The van der Waals surface area contributed by atoms with Gasteiger partial charge in [0.2, 0.25) is 0 Å². The van der Waals surface area contributed by atoms with Crippen LogP contribution in [0.15, 0.2) is 40.8 Å². The molecule has 0 atom stereocenters. The largest absolute Gasteiger partial charge is 0.290 e. The van der Waals surface area contributed by atoms with Gasteiger partial charge in [-0.15, -0.1) is 11.3 Å². The summed E-state index contributed by atoms with van der Waals surface area (Å²) in [7, 11) is 0. The minimum Gasteiger partial charge on any atom is -0.273 e. The van der Waals surface area contributed by atoms with Crippen molar-refractivity contribution in [2.75, 3.05) is 5.43 Å². The lowest BCUT2D eigenvalue weighted by atomic mass is 10.5. The van der Waals surface area contributed by atoms with Crippen molar-refractivity contribution in [3.63, 3.8) is 0 Å². The lowest BCUT2D eigenvalue weighted by molar-refractivity contribution is 0.872. The average molecular weight is 279 g/mol. The summed E-state index contributed by atoms with van der Waals surface area (Å²) >= 11 is 7.14. The van der Waals surface area contributed by atoms with Gasteiger partial charge in [-0.05, 0) is 23.6 Å². The molecule has 7 heteroatoms. The molecule has 0 aliphatic rings. The van der Waals surface area contributed by atoms with Crippen molar-refractivity contribution in [1.29, 1.82) is 0 Å². The molecule has 1 N–H and O–H groups in total. The molecule has 3 aromatic heterocycles. The van der Waals surface area contributed by atoms with Crippen LogP contribution in [0.5, 0.6) is 0 Å². The van der Waals surface area contributed by atoms with Crippen LogP contribution in [0.25, 0.3) is 10.2 Å². The molecule has 18 heavy (non-hydrogen) atoms. The maximum absolute atomic E-state index is 12.1. The van der Waals surface area contributed by atoms with E-state index in [1.165, 1.54) is 22.3 Å². The highest BCUT2D eigenvalue weighted by molar-refractivity contribution is 7.17. The van der Waals surface area contributed by atoms with Crippen molar-refractivity contribution in [3.05, 3.63) is 51.5 Å². The summed E-state index contributed by atoms with van der Waals surface area (Å²) in [6.07, 6.45) is 1.43. The van der Waals surface area contributed by atoms with Crippen LogP contribution in [0, 0.1) is 0 Å². The Hall–Kier alpha value is -1.92. The van der Waals surface area contributed by atoms with Crippen LogP contribution >= 0.6 is 22.9 Å². The van der Waals surface area contributed by atoms with E-state index >= 15 is 0 Å². The van der Waals surface area contributed by atoms with Gasteiger partial charge >= 0.3 is 0 Å². The third kappa shape index (κ3) is 1.96. The fourth-order valence-electron chi connectivity index (χ4n) is 1.52. The molecule has 0 radical (unpaired) electrons. The fourth-order valence-corrected chi connectivity index (χ4v) is 2.46. The summed E-state index contributed by atoms with van der Waals surface area (Å²) < 4.78 is 1.89. The number of hydrogen-bond acceptors (Lipinski definition) is 5. The predicted molar refractivity (Wildman–Crippen MR) is 72.1 cm³/mol. The highest BCUT2D eigenvalue weighted by Gasteiger charge is 2.05. The van der Waals surface area contributed by atoms with Gasteiger partial charge in [-0.3, -0.25) is 10.2 Å². The first-order valence-corrected chi connectivity index (χ1v) is 6.34. The standard InChI is InChI=1S/C11H7ClN4OS/c12-8-2-1-3-9(14-8)15-16-6-13-7-4-5-18-10(7)11(16)17/h1-6H,(H,14,15). The Balaban J connectivity index is 2.05. The molecule has 0 saturated carbocycles. The summed E-state index contributed by atoms with van der Waals surface area (Å²) in [5.74, 6) is 0.488. The minimum atomic E-state index is -0.156. The number of hydrogen-bond donors (Lipinski definition) is 1. The molecule has 0 aromatic carbocycles. The van der Waals surface area contributed by atoms with E-state index in [0.29, 0.717) is 21.2 Å². The molecular weight excluding hydrogens is 272 g/mol. The summed E-state index contributed by atoms with van der Waals surface area (Å²) in [6, 6.07) is 6.94. The quantitative estimate of drug-likeness (QED) is 0.731. The second kappa shape index (κ2) is 4.40. The van der Waals surface area contributed by atoms with Crippen LogP contribution in [-0.2, 0) is 0 Å². The van der Waals surface area contributed by atoms with Gasteiger partial charge in [0.1, 0.15) is 22.0 Å². The van der Waals surface area contributed by atoms with Crippen LogP contribution in [0.1, 0.15) is 0 Å². The maximum Gasteiger partial charge on any atom is 0.290 e. The van der Waals surface area contributed by atoms with Crippen LogP contribution in [0.3, 0.4) is 0 Å². The fraction of sp³-hybridized carbons (Fsp3) is 0. The summed E-state index contributed by atoms with van der Waals surface area (Å²) in [6.45, 7) is 0. The number of rotatable bonds is 2. The summed E-state index contributed by atoms with van der Waals surface area (Å²) in [4.78, 5) is 20.3. The molecular formula is C11H7ClN4OS. The van der Waals surface area contributed by atoms with Crippen LogP contribution in [0.2, 0.25) is 5.15 Å². The predicted octanol–water partition coefficient (Wildman–Crippen LogP) is 2.38. The van der Waals surface area contributed by atoms with E-state index in [0.717, 1.165) is 0 Å². The third-order valence-corrected chi connectivity index (χ3v) is 3.42. The zero-order valence-corrected chi connectivity index (χ0v) is 10.6. The van der Waals surface area contributed by atoms with Crippen molar-refractivity contribution in [2.45, 2.75) is 0 Å². The number of anilines is 1. The second-order valence-electron chi connectivity index (χ2n) is 3.51. The van der Waals surface area contributed by atoms with Gasteiger partial charge in [-0.2, -0.15) is 0 Å². The highest BCUT2D eigenvalue weighted by Crippen LogP contribution is 2.13. The van der Waals surface area contributed by atoms with E-state index in [1.807, 2.05) is 11.4 Å². The minimum absolute atomic E-state index is 0.156. The maximum atomic E-state index is 12.1. The topological polar surface area (TPSA) is 59.8 Å². The molecule has 0 aliphatic carbocycles. The number of aromatic nitrogens is 3. The zero-order chi connectivity index (χ0) is 12.5. The Morgan fingerprint density at radius 3 is 3.06 bits per heavy atom. The number of nitrogens with zero attached hydrogens (tertiary/aromatic N) is 3. The van der Waals surface area contributed by atoms with Crippen molar-refractivity contribution in [2.24, 2.45) is 0 Å². The van der Waals surface area contributed by atoms with E-state index < -0.39 is 0 Å². The number of fused-ring (bicyclic) bond motifs is 1. The number of thiophene rings is 1. The van der Waals surface area contributed by atoms with E-state index in [9.17, 15) is 4.79 Å². The Kier molecular flexibility index (Phi) is 2.73. The molecule has 0 spiro atoms. The Bertz CT molecular complexity index is 767. The first-order chi connectivity index (χ1) is 8.74. The van der Waals surface area contributed by atoms with E-state index in [2.05, 4.69) is 15.4 Å². The highest BCUT2D eigenvalue weighted by atomic mass is 35.5. The van der Waals surface area contributed by atoms with E-state index in [4.69, 9.17) is 11.6 Å². The van der Waals surface area contributed by atoms with Gasteiger partial charge in [-0.1, -0.05) is 17.7 Å². The first-order valence-electron chi connectivity index (χ1n) is 5.08. The number of nitrogens with one attached hydrogen (secondary N) is 1. The van der Waals surface area contributed by atoms with Gasteiger partial charge in [0.25, 0.3) is 5.56 Å². The van der Waals surface area contributed by atoms with Crippen LogP contribution < -0.4 is 11.0 Å².